The normalized spacial score (nSPS) is 14.5. The molecule has 0 rings (SSSR count). The molecule has 17 nitrogen and oxygen atoms in total. The second-order valence-corrected chi connectivity index (χ2v) is 31.5. The van der Waals surface area contributed by atoms with Gasteiger partial charge in [-0.2, -0.15) is 0 Å². The molecule has 572 valence electrons. The second kappa shape index (κ2) is 68.0. The van der Waals surface area contributed by atoms with Crippen LogP contribution in [0.4, 0.5) is 0 Å². The first-order valence-corrected chi connectivity index (χ1v) is 42.7. The van der Waals surface area contributed by atoms with Crippen molar-refractivity contribution in [2.75, 3.05) is 39.6 Å². The molecule has 0 saturated heterocycles. The Morgan fingerprint density at radius 3 is 0.918 bits per heavy atom. The van der Waals surface area contributed by atoms with Gasteiger partial charge in [-0.3, -0.25) is 37.3 Å². The molecule has 97 heavy (non-hydrogen) atoms. The summed E-state index contributed by atoms with van der Waals surface area (Å²) in [6, 6.07) is 0. The number of allylic oxidation sites excluding steroid dienone is 4. The van der Waals surface area contributed by atoms with Crippen LogP contribution in [0.5, 0.6) is 0 Å². The number of carbonyl (C=O) groups is 4. The molecule has 0 aromatic carbocycles. The summed E-state index contributed by atoms with van der Waals surface area (Å²) in [6.07, 6.45) is 57.7. The van der Waals surface area contributed by atoms with Crippen molar-refractivity contribution in [2.45, 2.75) is 394 Å². The number of phosphoric ester groups is 2. The van der Waals surface area contributed by atoms with E-state index in [2.05, 4.69) is 72.8 Å². The lowest BCUT2D eigenvalue weighted by Crippen LogP contribution is -2.30. The van der Waals surface area contributed by atoms with E-state index in [1.54, 1.807) is 0 Å². The van der Waals surface area contributed by atoms with Crippen molar-refractivity contribution in [3.05, 3.63) is 24.3 Å². The van der Waals surface area contributed by atoms with E-state index in [0.717, 1.165) is 133 Å². The topological polar surface area (TPSA) is 237 Å². The summed E-state index contributed by atoms with van der Waals surface area (Å²) >= 11 is 0. The number of rotatable bonds is 74. The number of hydrogen-bond acceptors (Lipinski definition) is 15. The highest BCUT2D eigenvalue weighted by molar-refractivity contribution is 7.47. The van der Waals surface area contributed by atoms with Crippen LogP contribution in [0.15, 0.2) is 24.3 Å². The van der Waals surface area contributed by atoms with Crippen molar-refractivity contribution < 1.29 is 80.2 Å². The smallest absolute Gasteiger partial charge is 0.462 e. The van der Waals surface area contributed by atoms with E-state index in [1.165, 1.54) is 161 Å². The first kappa shape index (κ1) is 94.5. The van der Waals surface area contributed by atoms with Crippen molar-refractivity contribution >= 4 is 39.5 Å². The van der Waals surface area contributed by atoms with Gasteiger partial charge in [0.25, 0.3) is 0 Å². The van der Waals surface area contributed by atoms with Crippen LogP contribution in [0.2, 0.25) is 0 Å². The van der Waals surface area contributed by atoms with Gasteiger partial charge < -0.3 is 33.8 Å². The minimum absolute atomic E-state index is 0.0993. The van der Waals surface area contributed by atoms with Gasteiger partial charge in [0.1, 0.15) is 19.3 Å². The Kier molecular flexibility index (Phi) is 66.3. The third kappa shape index (κ3) is 70.4. The number of phosphoric acid groups is 2. The fourth-order valence-corrected chi connectivity index (χ4v) is 13.0. The summed E-state index contributed by atoms with van der Waals surface area (Å²) in [7, 11) is -9.93. The highest BCUT2D eigenvalue weighted by Gasteiger charge is 2.30. The van der Waals surface area contributed by atoms with Gasteiger partial charge in [0.05, 0.1) is 26.4 Å². The Bertz CT molecular complexity index is 1980. The minimum atomic E-state index is -4.97. The van der Waals surface area contributed by atoms with Crippen LogP contribution in [0.3, 0.4) is 0 Å². The molecule has 19 heteroatoms. The molecule has 0 aliphatic carbocycles. The molecule has 6 atom stereocenters. The van der Waals surface area contributed by atoms with E-state index < -0.39 is 97.5 Å². The maximum absolute atomic E-state index is 13.1. The highest BCUT2D eigenvalue weighted by Crippen LogP contribution is 2.45. The zero-order chi connectivity index (χ0) is 71.6. The molecule has 0 aliphatic rings. The molecule has 0 bridgehead atoms. The van der Waals surface area contributed by atoms with Crippen LogP contribution < -0.4 is 0 Å². The van der Waals surface area contributed by atoms with Crippen LogP contribution in [-0.2, 0) is 65.4 Å². The summed E-state index contributed by atoms with van der Waals surface area (Å²) in [6.45, 7) is 11.8. The molecule has 0 fully saturated rings. The summed E-state index contributed by atoms with van der Waals surface area (Å²) in [5, 5.41) is 10.6. The molecular formula is C78H148O17P2. The molecule has 3 unspecified atom stereocenters. The SMILES string of the molecule is CCCCCC/C=C\C=C/CCCCCCCC(=O)OC[C@H](COP(=O)(O)OC[C@@H](O)COP(=O)(O)OC[C@@H](COC(=O)CCCCCCCCC(C)CC)OC(=O)CCCCCCCCCCCCCCCCCC(C)C)OC(=O)CCCCCCCCCCCCCC(C)C. The van der Waals surface area contributed by atoms with Gasteiger partial charge >= 0.3 is 39.5 Å². The van der Waals surface area contributed by atoms with E-state index in [1.807, 2.05) is 0 Å². The largest absolute Gasteiger partial charge is 0.472 e. The minimum Gasteiger partial charge on any atom is -0.462 e. The van der Waals surface area contributed by atoms with Gasteiger partial charge in [0.2, 0.25) is 0 Å². The zero-order valence-electron chi connectivity index (χ0n) is 63.0. The van der Waals surface area contributed by atoms with Gasteiger partial charge in [0.15, 0.2) is 12.2 Å². The maximum Gasteiger partial charge on any atom is 0.472 e. The quantitative estimate of drug-likeness (QED) is 0.0169. The Balaban J connectivity index is 5.27. The van der Waals surface area contributed by atoms with E-state index >= 15 is 0 Å². The average molecular weight is 1420 g/mol. The fourth-order valence-electron chi connectivity index (χ4n) is 11.4. The predicted molar refractivity (Wildman–Crippen MR) is 395 cm³/mol. The van der Waals surface area contributed by atoms with Crippen LogP contribution >= 0.6 is 15.6 Å². The van der Waals surface area contributed by atoms with Gasteiger partial charge in [-0.15, -0.1) is 0 Å². The fraction of sp³-hybridized carbons (Fsp3) is 0.897. The highest BCUT2D eigenvalue weighted by atomic mass is 31.2. The Morgan fingerprint density at radius 2 is 0.608 bits per heavy atom. The average Bonchev–Trinajstić information content (AvgIpc) is 1.02. The monoisotopic (exact) mass is 1420 g/mol. The first-order chi connectivity index (χ1) is 46.8. The lowest BCUT2D eigenvalue weighted by molar-refractivity contribution is -0.161. The Labute approximate surface area is 592 Å². The van der Waals surface area contributed by atoms with Gasteiger partial charge in [-0.1, -0.05) is 323 Å². The summed E-state index contributed by atoms with van der Waals surface area (Å²) < 4.78 is 68.6. The molecule has 3 N–H and O–H groups in total. The van der Waals surface area contributed by atoms with Gasteiger partial charge in [-0.05, 0) is 69.1 Å². The van der Waals surface area contributed by atoms with Crippen molar-refractivity contribution in [2.24, 2.45) is 17.8 Å². The van der Waals surface area contributed by atoms with Gasteiger partial charge in [0, 0.05) is 25.7 Å². The number of ether oxygens (including phenoxy) is 4. The lowest BCUT2D eigenvalue weighted by Gasteiger charge is -2.21. The number of hydrogen-bond donors (Lipinski definition) is 3. The second-order valence-electron chi connectivity index (χ2n) is 28.6. The number of esters is 4. The van der Waals surface area contributed by atoms with Crippen LogP contribution in [0.25, 0.3) is 0 Å². The lowest BCUT2D eigenvalue weighted by atomic mass is 10.00. The number of aliphatic hydroxyl groups excluding tert-OH is 1. The van der Waals surface area contributed by atoms with Gasteiger partial charge in [-0.25, -0.2) is 9.13 Å². The summed E-state index contributed by atoms with van der Waals surface area (Å²) in [5.41, 5.74) is 0. The van der Waals surface area contributed by atoms with Crippen LogP contribution in [0.1, 0.15) is 376 Å². The number of aliphatic hydroxyl groups is 1. The van der Waals surface area contributed by atoms with Crippen molar-refractivity contribution in [3.8, 4) is 0 Å². The molecule has 0 amide bonds. The van der Waals surface area contributed by atoms with Crippen LogP contribution in [-0.4, -0.2) is 96.7 Å². The van der Waals surface area contributed by atoms with Crippen LogP contribution in [0, 0.1) is 17.8 Å². The van der Waals surface area contributed by atoms with Crippen molar-refractivity contribution in [1.82, 2.24) is 0 Å². The molecule has 0 aliphatic heterocycles. The van der Waals surface area contributed by atoms with E-state index in [4.69, 9.17) is 37.0 Å². The third-order valence-corrected chi connectivity index (χ3v) is 19.8. The summed E-state index contributed by atoms with van der Waals surface area (Å²) in [4.78, 5) is 72.9. The predicted octanol–water partition coefficient (Wildman–Crippen LogP) is 22.5. The summed E-state index contributed by atoms with van der Waals surface area (Å²) in [5.74, 6) is 0.147. The van der Waals surface area contributed by atoms with E-state index in [9.17, 15) is 43.2 Å². The Morgan fingerprint density at radius 1 is 0.340 bits per heavy atom. The molecule has 0 heterocycles. The molecule has 0 aromatic rings. The van der Waals surface area contributed by atoms with Crippen molar-refractivity contribution in [1.29, 1.82) is 0 Å². The molecule has 0 radical (unpaired) electrons. The maximum atomic E-state index is 13.1. The standard InChI is InChI=1S/C78H148O17P2/c1-8-10-11-12-13-14-15-16-18-22-27-32-37-45-52-59-75(80)88-65-73(94-78(83)62-55-48-39-34-29-24-26-31-36-43-50-57-70(5)6)67-92-96(84,85)90-63-72(79)64-91-97(86,87)93-68-74(66-89-76(81)60-53-46-41-40-44-51-58-71(7)9-2)95-77(82)61-54-47-38-33-28-23-20-17-19-21-25-30-35-42-49-56-69(3)4/h14-16,18,69-74,79H,8-13,17,19-68H2,1-7H3,(H,84,85)(H,86,87)/b15-14-,18-16-/t71?,72-,73-,74-/m1/s1. The first-order valence-electron chi connectivity index (χ1n) is 39.7. The zero-order valence-corrected chi connectivity index (χ0v) is 64.8. The molecular weight excluding hydrogens is 1270 g/mol. The number of unbranched alkanes of at least 4 members (excludes halogenated alkanes) is 38. The van der Waals surface area contributed by atoms with Crippen molar-refractivity contribution in [3.63, 3.8) is 0 Å². The molecule has 0 aromatic heterocycles. The third-order valence-electron chi connectivity index (χ3n) is 17.9. The van der Waals surface area contributed by atoms with E-state index in [0.29, 0.717) is 25.7 Å². The molecule has 0 saturated carbocycles. The molecule has 0 spiro atoms. The Hall–Kier alpha value is -2.46. The number of carbonyl (C=O) groups excluding carboxylic acids is 4. The van der Waals surface area contributed by atoms with E-state index in [-0.39, 0.29) is 25.7 Å².